The molecule has 0 fully saturated rings. The normalized spacial score (nSPS) is 12.9. The Bertz CT molecular complexity index is 1270. The highest BCUT2D eigenvalue weighted by Crippen LogP contribution is 2.44. The van der Waals surface area contributed by atoms with E-state index in [2.05, 4.69) is 55.6 Å². The molecule has 0 spiro atoms. The summed E-state index contributed by atoms with van der Waals surface area (Å²) < 4.78 is 18.5. The smallest absolute Gasteiger partial charge is 0.274 e. The molecule has 1 aliphatic rings. The summed E-state index contributed by atoms with van der Waals surface area (Å²) in [7, 11) is 0. The number of ether oxygens (including phenoxy) is 2. The van der Waals surface area contributed by atoms with Gasteiger partial charge in [0.15, 0.2) is 11.5 Å². The van der Waals surface area contributed by atoms with Crippen LogP contribution in [0.4, 0.5) is 0 Å². The summed E-state index contributed by atoms with van der Waals surface area (Å²) in [5, 5.41) is 10.6. The van der Waals surface area contributed by atoms with Gasteiger partial charge in [-0.25, -0.2) is 0 Å². The molecule has 1 amide bonds. The first kappa shape index (κ1) is 28.6. The third kappa shape index (κ3) is 6.61. The predicted molar refractivity (Wildman–Crippen MR) is 153 cm³/mol. The molecule has 0 atom stereocenters. The van der Waals surface area contributed by atoms with Crippen molar-refractivity contribution in [3.63, 3.8) is 0 Å². The number of fused-ring (bicyclic) bond motifs is 1. The van der Waals surface area contributed by atoms with Crippen molar-refractivity contribution in [2.24, 2.45) is 0 Å². The van der Waals surface area contributed by atoms with Gasteiger partial charge >= 0.3 is 0 Å². The van der Waals surface area contributed by atoms with Gasteiger partial charge in [0, 0.05) is 49.6 Å². The van der Waals surface area contributed by atoms with Gasteiger partial charge in [0.25, 0.3) is 5.91 Å². The standard InChI is InChI=1S/C31H42N4O4/c1-6-9-13-37-26-17-27(38-14-10-7-2)24(16-23(26)20(4)5)30-28(29(35-39-30)31(36)33-8-3)22-15-21-18-32-12-11-25(21)34-19-22/h15-17,19-20,32H,6-14,18H2,1-5H3,(H,33,36). The lowest BCUT2D eigenvalue weighted by Crippen LogP contribution is -2.25. The molecule has 0 saturated carbocycles. The number of hydrogen-bond donors (Lipinski definition) is 2. The van der Waals surface area contributed by atoms with E-state index in [1.54, 1.807) is 0 Å². The zero-order valence-corrected chi connectivity index (χ0v) is 24.0. The van der Waals surface area contributed by atoms with Crippen LogP contribution in [0.2, 0.25) is 0 Å². The molecule has 4 rings (SSSR count). The van der Waals surface area contributed by atoms with Crippen LogP contribution in [0.15, 0.2) is 28.9 Å². The summed E-state index contributed by atoms with van der Waals surface area (Å²) in [6, 6.07) is 6.14. The van der Waals surface area contributed by atoms with Gasteiger partial charge in [0.05, 0.1) is 24.3 Å². The molecule has 3 aromatic rings. The van der Waals surface area contributed by atoms with E-state index in [0.717, 1.165) is 78.9 Å². The fourth-order valence-corrected chi connectivity index (χ4v) is 4.73. The van der Waals surface area contributed by atoms with Crippen molar-refractivity contribution in [3.05, 3.63) is 46.9 Å². The summed E-state index contributed by atoms with van der Waals surface area (Å²) in [5.74, 6) is 1.90. The van der Waals surface area contributed by atoms with Crippen LogP contribution in [-0.2, 0) is 13.0 Å². The van der Waals surface area contributed by atoms with Crippen LogP contribution in [0.25, 0.3) is 22.5 Å². The van der Waals surface area contributed by atoms with Crippen LogP contribution in [0.5, 0.6) is 11.5 Å². The van der Waals surface area contributed by atoms with Gasteiger partial charge in [-0.05, 0) is 48.9 Å². The van der Waals surface area contributed by atoms with E-state index in [1.807, 2.05) is 19.2 Å². The molecule has 2 aromatic heterocycles. The lowest BCUT2D eigenvalue weighted by atomic mass is 9.93. The first-order chi connectivity index (χ1) is 19.0. The maximum absolute atomic E-state index is 13.1. The number of carbonyl (C=O) groups is 1. The highest BCUT2D eigenvalue weighted by molar-refractivity contribution is 6.02. The molecule has 8 nitrogen and oxygen atoms in total. The molecule has 2 N–H and O–H groups in total. The van der Waals surface area contributed by atoms with Crippen LogP contribution >= 0.6 is 0 Å². The van der Waals surface area contributed by atoms with Gasteiger partial charge in [-0.15, -0.1) is 0 Å². The quantitative estimate of drug-likeness (QED) is 0.249. The summed E-state index contributed by atoms with van der Waals surface area (Å²) in [6.07, 6.45) is 6.68. The van der Waals surface area contributed by atoms with Crippen molar-refractivity contribution in [3.8, 4) is 33.9 Å². The number of carbonyl (C=O) groups excluding carboxylic acids is 1. The number of unbranched alkanes of at least 4 members (excludes halogenated alkanes) is 2. The first-order valence-electron chi connectivity index (χ1n) is 14.4. The SMILES string of the molecule is CCCCOc1cc(OCCCC)c(C(C)C)cc1-c1onc(C(=O)NCC)c1-c1cnc2c(c1)CNCC2. The second-order valence-electron chi connectivity index (χ2n) is 10.3. The van der Waals surface area contributed by atoms with Crippen LogP contribution in [0.3, 0.4) is 0 Å². The third-order valence-corrected chi connectivity index (χ3v) is 6.94. The van der Waals surface area contributed by atoms with Crippen LogP contribution in [0, 0.1) is 0 Å². The Balaban J connectivity index is 1.90. The summed E-state index contributed by atoms with van der Waals surface area (Å²) in [5.41, 5.74) is 5.67. The Labute approximate surface area is 231 Å². The van der Waals surface area contributed by atoms with E-state index in [1.165, 1.54) is 0 Å². The zero-order valence-electron chi connectivity index (χ0n) is 24.0. The highest BCUT2D eigenvalue weighted by atomic mass is 16.5. The summed E-state index contributed by atoms with van der Waals surface area (Å²) in [4.78, 5) is 17.9. The van der Waals surface area contributed by atoms with Gasteiger partial charge in [-0.2, -0.15) is 0 Å². The van der Waals surface area contributed by atoms with Crippen molar-refractivity contribution in [2.45, 2.75) is 79.2 Å². The average molecular weight is 535 g/mol. The number of amides is 1. The van der Waals surface area contributed by atoms with Crippen LogP contribution in [-0.4, -0.2) is 42.4 Å². The van der Waals surface area contributed by atoms with Gasteiger partial charge in [-0.3, -0.25) is 9.78 Å². The van der Waals surface area contributed by atoms with E-state index in [9.17, 15) is 4.79 Å². The number of rotatable bonds is 13. The average Bonchev–Trinajstić information content (AvgIpc) is 3.38. The molecule has 3 heterocycles. The Morgan fingerprint density at radius 2 is 1.82 bits per heavy atom. The minimum absolute atomic E-state index is 0.204. The molecule has 1 aromatic carbocycles. The van der Waals surface area contributed by atoms with E-state index >= 15 is 0 Å². The van der Waals surface area contributed by atoms with Gasteiger partial charge in [0.1, 0.15) is 11.5 Å². The van der Waals surface area contributed by atoms with Crippen LogP contribution < -0.4 is 20.1 Å². The zero-order chi connectivity index (χ0) is 27.8. The number of nitrogens with one attached hydrogen (secondary N) is 2. The number of nitrogens with zero attached hydrogens (tertiary/aromatic N) is 2. The monoisotopic (exact) mass is 534 g/mol. The molecular formula is C31H42N4O4. The maximum Gasteiger partial charge on any atom is 0.274 e. The molecule has 8 heteroatoms. The minimum Gasteiger partial charge on any atom is -0.493 e. The summed E-state index contributed by atoms with van der Waals surface area (Å²) >= 11 is 0. The van der Waals surface area contributed by atoms with E-state index in [0.29, 0.717) is 36.8 Å². The molecule has 39 heavy (non-hydrogen) atoms. The van der Waals surface area contributed by atoms with Crippen molar-refractivity contribution >= 4 is 5.91 Å². The maximum atomic E-state index is 13.1. The largest absolute Gasteiger partial charge is 0.493 e. The molecule has 0 radical (unpaired) electrons. The van der Waals surface area contributed by atoms with Gasteiger partial charge < -0.3 is 24.6 Å². The first-order valence-corrected chi connectivity index (χ1v) is 14.4. The molecule has 1 aliphatic heterocycles. The Kier molecular flexibility index (Phi) is 9.98. The van der Waals surface area contributed by atoms with Crippen molar-refractivity contribution in [1.29, 1.82) is 0 Å². The fraction of sp³-hybridized carbons (Fsp3) is 0.516. The van der Waals surface area contributed by atoms with Crippen molar-refractivity contribution < 1.29 is 18.8 Å². The molecule has 210 valence electrons. The Morgan fingerprint density at radius 1 is 1.08 bits per heavy atom. The second kappa shape index (κ2) is 13.6. The lowest BCUT2D eigenvalue weighted by Gasteiger charge is -2.19. The number of hydrogen-bond acceptors (Lipinski definition) is 7. The summed E-state index contributed by atoms with van der Waals surface area (Å²) in [6.45, 7) is 13.8. The highest BCUT2D eigenvalue weighted by Gasteiger charge is 2.28. The third-order valence-electron chi connectivity index (χ3n) is 6.94. The van der Waals surface area contributed by atoms with E-state index in [-0.39, 0.29) is 17.5 Å². The molecule has 0 aliphatic carbocycles. The van der Waals surface area contributed by atoms with Gasteiger partial charge in [-0.1, -0.05) is 45.7 Å². The number of pyridine rings is 1. The molecule has 0 saturated heterocycles. The number of aromatic nitrogens is 2. The molecular weight excluding hydrogens is 492 g/mol. The van der Waals surface area contributed by atoms with Crippen LogP contribution in [0.1, 0.15) is 93.5 Å². The second-order valence-corrected chi connectivity index (χ2v) is 10.3. The fourth-order valence-electron chi connectivity index (χ4n) is 4.73. The Hall–Kier alpha value is -3.39. The van der Waals surface area contributed by atoms with Crippen molar-refractivity contribution in [1.82, 2.24) is 20.8 Å². The predicted octanol–water partition coefficient (Wildman–Crippen LogP) is 6.28. The van der Waals surface area contributed by atoms with Crippen molar-refractivity contribution in [2.75, 3.05) is 26.3 Å². The van der Waals surface area contributed by atoms with E-state index < -0.39 is 0 Å². The van der Waals surface area contributed by atoms with Gasteiger partial charge in [0.2, 0.25) is 0 Å². The van der Waals surface area contributed by atoms with E-state index in [4.69, 9.17) is 19.0 Å². The minimum atomic E-state index is -0.282. The lowest BCUT2D eigenvalue weighted by molar-refractivity contribution is 0.0947. The topological polar surface area (TPSA) is 98.5 Å². The molecule has 0 bridgehead atoms. The number of benzene rings is 1. The molecule has 0 unspecified atom stereocenters. The Morgan fingerprint density at radius 3 is 2.51 bits per heavy atom.